The molecule has 144 valence electrons. The number of aryl methyl sites for hydroxylation is 1. The summed E-state index contributed by atoms with van der Waals surface area (Å²) in [5.41, 5.74) is 0.608. The zero-order chi connectivity index (χ0) is 19.0. The summed E-state index contributed by atoms with van der Waals surface area (Å²) in [7, 11) is 0. The van der Waals surface area contributed by atoms with Crippen LogP contribution in [0.25, 0.3) is 11.0 Å². The highest BCUT2D eigenvalue weighted by Gasteiger charge is 2.30. The van der Waals surface area contributed by atoms with Crippen LogP contribution in [0.4, 0.5) is 0 Å². The van der Waals surface area contributed by atoms with E-state index >= 15 is 0 Å². The third-order valence-corrected chi connectivity index (χ3v) is 5.54. The molecule has 1 saturated carbocycles. The summed E-state index contributed by atoms with van der Waals surface area (Å²) < 4.78 is 1.50. The van der Waals surface area contributed by atoms with Crippen molar-refractivity contribution in [2.75, 3.05) is 13.1 Å². The van der Waals surface area contributed by atoms with Crippen LogP contribution in [-0.2, 0) is 6.54 Å². The Kier molecular flexibility index (Phi) is 4.85. The Balaban J connectivity index is 1.92. The van der Waals surface area contributed by atoms with Gasteiger partial charge in [-0.25, -0.2) is 9.78 Å². The second kappa shape index (κ2) is 7.29. The molecule has 0 aromatic carbocycles. The molecule has 1 saturated heterocycles. The predicted molar refractivity (Wildman–Crippen MR) is 103 cm³/mol. The quantitative estimate of drug-likeness (QED) is 0.895. The second-order valence-corrected chi connectivity index (χ2v) is 7.68. The number of aromatic amines is 1. The Morgan fingerprint density at radius 2 is 1.89 bits per heavy atom. The van der Waals surface area contributed by atoms with Crippen LogP contribution in [0.3, 0.4) is 0 Å². The molecule has 0 unspecified atom stereocenters. The van der Waals surface area contributed by atoms with Gasteiger partial charge in [0.05, 0.1) is 10.9 Å². The molecule has 1 aliphatic carbocycles. The van der Waals surface area contributed by atoms with E-state index < -0.39 is 11.2 Å². The van der Waals surface area contributed by atoms with Crippen molar-refractivity contribution < 1.29 is 4.79 Å². The van der Waals surface area contributed by atoms with Gasteiger partial charge in [0.2, 0.25) is 0 Å². The Hall–Kier alpha value is -2.44. The Labute approximate surface area is 157 Å². The zero-order valence-electron chi connectivity index (χ0n) is 15.8. The maximum Gasteiger partial charge on any atom is 0.329 e. The van der Waals surface area contributed by atoms with Gasteiger partial charge >= 0.3 is 5.69 Å². The van der Waals surface area contributed by atoms with E-state index in [0.29, 0.717) is 36.8 Å². The maximum absolute atomic E-state index is 13.3. The molecular formula is C20H26N4O3. The van der Waals surface area contributed by atoms with Crippen molar-refractivity contribution in [2.24, 2.45) is 0 Å². The molecule has 7 heteroatoms. The summed E-state index contributed by atoms with van der Waals surface area (Å²) in [5.74, 6) is 0.216. The van der Waals surface area contributed by atoms with Crippen LogP contribution >= 0.6 is 0 Å². The summed E-state index contributed by atoms with van der Waals surface area (Å²) in [5, 5.41) is 0.252. The molecule has 0 atom stereocenters. The molecule has 1 N–H and O–H groups in total. The van der Waals surface area contributed by atoms with Crippen molar-refractivity contribution in [3.05, 3.63) is 38.2 Å². The van der Waals surface area contributed by atoms with Crippen molar-refractivity contribution in [2.45, 2.75) is 64.3 Å². The van der Waals surface area contributed by atoms with Crippen LogP contribution in [0, 0.1) is 0 Å². The topological polar surface area (TPSA) is 88.1 Å². The van der Waals surface area contributed by atoms with Gasteiger partial charge in [-0.1, -0.05) is 19.8 Å². The lowest BCUT2D eigenvalue weighted by atomic mass is 10.1. The summed E-state index contributed by atoms with van der Waals surface area (Å²) in [6.07, 6.45) is 7.05. The average molecular weight is 370 g/mol. The number of amides is 1. The summed E-state index contributed by atoms with van der Waals surface area (Å²) in [6.45, 7) is 3.86. The van der Waals surface area contributed by atoms with E-state index in [1.807, 2.05) is 11.8 Å². The predicted octanol–water partition coefficient (Wildman–Crippen LogP) is 2.39. The van der Waals surface area contributed by atoms with Crippen molar-refractivity contribution in [1.82, 2.24) is 19.4 Å². The SMILES string of the molecule is CCCn1c(=O)[nH]c(=O)c2c(C(=O)N3CCCCCC3)cc(C3CC3)nc21. The first-order valence-electron chi connectivity index (χ1n) is 10.1. The molecule has 0 radical (unpaired) electrons. The number of carbonyl (C=O) groups is 1. The van der Waals surface area contributed by atoms with E-state index in [2.05, 4.69) is 9.97 Å². The lowest BCUT2D eigenvalue weighted by molar-refractivity contribution is 0.0763. The van der Waals surface area contributed by atoms with Crippen molar-refractivity contribution in [3.8, 4) is 0 Å². The van der Waals surface area contributed by atoms with Crippen LogP contribution in [-0.4, -0.2) is 38.4 Å². The minimum absolute atomic E-state index is 0.113. The fraction of sp³-hybridized carbons (Fsp3) is 0.600. The normalized spacial score (nSPS) is 17.9. The minimum atomic E-state index is -0.518. The number of hydrogen-bond donors (Lipinski definition) is 1. The van der Waals surface area contributed by atoms with E-state index in [9.17, 15) is 14.4 Å². The van der Waals surface area contributed by atoms with E-state index in [4.69, 9.17) is 0 Å². The third kappa shape index (κ3) is 3.42. The number of likely N-dealkylation sites (tertiary alicyclic amines) is 1. The van der Waals surface area contributed by atoms with Crippen LogP contribution in [0.5, 0.6) is 0 Å². The second-order valence-electron chi connectivity index (χ2n) is 7.68. The number of carbonyl (C=O) groups excluding carboxylic acids is 1. The average Bonchev–Trinajstić information content (AvgIpc) is 3.50. The van der Waals surface area contributed by atoms with Crippen LogP contribution in [0.15, 0.2) is 15.7 Å². The van der Waals surface area contributed by atoms with Crippen LogP contribution < -0.4 is 11.2 Å². The summed E-state index contributed by atoms with van der Waals surface area (Å²) in [6, 6.07) is 1.79. The van der Waals surface area contributed by atoms with E-state index in [1.165, 1.54) is 4.57 Å². The van der Waals surface area contributed by atoms with Gasteiger partial charge in [0.1, 0.15) is 0 Å². The number of nitrogens with zero attached hydrogens (tertiary/aromatic N) is 3. The first-order valence-corrected chi connectivity index (χ1v) is 10.1. The highest BCUT2D eigenvalue weighted by molar-refractivity contribution is 6.05. The monoisotopic (exact) mass is 370 g/mol. The molecule has 2 aliphatic rings. The molecule has 3 heterocycles. The van der Waals surface area contributed by atoms with Gasteiger partial charge in [0.15, 0.2) is 5.65 Å². The first-order chi connectivity index (χ1) is 13.1. The van der Waals surface area contributed by atoms with Gasteiger partial charge in [-0.2, -0.15) is 0 Å². The number of aromatic nitrogens is 3. The molecule has 0 spiro atoms. The van der Waals surface area contributed by atoms with E-state index in [1.54, 1.807) is 6.07 Å². The zero-order valence-corrected chi connectivity index (χ0v) is 15.8. The van der Waals surface area contributed by atoms with Crippen LogP contribution in [0.1, 0.15) is 73.8 Å². The number of H-pyrrole nitrogens is 1. The molecule has 2 aromatic heterocycles. The molecular weight excluding hydrogens is 344 g/mol. The lowest BCUT2D eigenvalue weighted by Gasteiger charge is -2.21. The van der Waals surface area contributed by atoms with Gasteiger partial charge in [-0.05, 0) is 38.2 Å². The molecule has 0 bridgehead atoms. The van der Waals surface area contributed by atoms with Crippen LogP contribution in [0.2, 0.25) is 0 Å². The number of hydrogen-bond acceptors (Lipinski definition) is 4. The molecule has 1 amide bonds. The fourth-order valence-electron chi connectivity index (χ4n) is 3.93. The molecule has 4 rings (SSSR count). The highest BCUT2D eigenvalue weighted by Crippen LogP contribution is 2.40. The Morgan fingerprint density at radius 3 is 2.52 bits per heavy atom. The van der Waals surface area contributed by atoms with Gasteiger partial charge < -0.3 is 4.90 Å². The van der Waals surface area contributed by atoms with Crippen molar-refractivity contribution in [3.63, 3.8) is 0 Å². The van der Waals surface area contributed by atoms with Crippen molar-refractivity contribution >= 4 is 16.9 Å². The number of pyridine rings is 1. The summed E-state index contributed by atoms with van der Waals surface area (Å²) in [4.78, 5) is 47.2. The fourth-order valence-corrected chi connectivity index (χ4v) is 3.93. The highest BCUT2D eigenvalue weighted by atomic mass is 16.2. The Morgan fingerprint density at radius 1 is 1.19 bits per heavy atom. The number of rotatable bonds is 4. The molecule has 2 fully saturated rings. The van der Waals surface area contributed by atoms with Gasteiger partial charge in [-0.3, -0.25) is 19.1 Å². The van der Waals surface area contributed by atoms with Crippen molar-refractivity contribution in [1.29, 1.82) is 0 Å². The molecule has 1 aliphatic heterocycles. The van der Waals surface area contributed by atoms with Gasteiger partial charge in [-0.15, -0.1) is 0 Å². The smallest absolute Gasteiger partial charge is 0.329 e. The maximum atomic E-state index is 13.3. The number of fused-ring (bicyclic) bond motifs is 1. The lowest BCUT2D eigenvalue weighted by Crippen LogP contribution is -2.35. The van der Waals surface area contributed by atoms with Gasteiger partial charge in [0, 0.05) is 31.2 Å². The number of nitrogens with one attached hydrogen (secondary N) is 1. The molecule has 7 nitrogen and oxygen atoms in total. The van der Waals surface area contributed by atoms with E-state index in [0.717, 1.165) is 50.6 Å². The standard InChI is InChI=1S/C20H26N4O3/c1-2-9-24-17-16(18(25)22-20(24)27)14(12-15(21-17)13-7-8-13)19(26)23-10-5-3-4-6-11-23/h12-13H,2-11H2,1H3,(H,22,25,27). The van der Waals surface area contributed by atoms with Gasteiger partial charge in [0.25, 0.3) is 11.5 Å². The third-order valence-electron chi connectivity index (χ3n) is 5.54. The molecule has 2 aromatic rings. The summed E-state index contributed by atoms with van der Waals surface area (Å²) >= 11 is 0. The van der Waals surface area contributed by atoms with E-state index in [-0.39, 0.29) is 11.3 Å². The minimum Gasteiger partial charge on any atom is -0.339 e. The largest absolute Gasteiger partial charge is 0.339 e. The molecule has 27 heavy (non-hydrogen) atoms. The first kappa shape index (κ1) is 17.9. The Bertz CT molecular complexity index is 979.